The molecule has 0 aromatic carbocycles. The summed E-state index contributed by atoms with van der Waals surface area (Å²) in [5.74, 6) is 1.15. The van der Waals surface area contributed by atoms with E-state index >= 15 is 0 Å². The highest BCUT2D eigenvalue weighted by molar-refractivity contribution is 5.92. The minimum atomic E-state index is -0.901. The lowest BCUT2D eigenvalue weighted by Gasteiger charge is -2.27. The zero-order chi connectivity index (χ0) is 23.7. The molecule has 0 amide bonds. The number of nitrogens with one attached hydrogen (secondary N) is 2. The number of aliphatic hydroxyl groups is 1. The van der Waals surface area contributed by atoms with Gasteiger partial charge in [-0.25, -0.2) is 19.7 Å². The smallest absolute Gasteiger partial charge is 0.326 e. The molecule has 0 radical (unpaired) electrons. The van der Waals surface area contributed by atoms with Crippen molar-refractivity contribution in [3.05, 3.63) is 30.1 Å². The molecule has 2 atom stereocenters. The molecule has 178 valence electrons. The molecule has 3 aromatic rings. The van der Waals surface area contributed by atoms with E-state index in [0.29, 0.717) is 47.1 Å². The minimum Gasteiger partial charge on any atom is -0.480 e. The minimum absolute atomic E-state index is 0.302. The third-order valence-electron chi connectivity index (χ3n) is 6.14. The van der Waals surface area contributed by atoms with Crippen LogP contribution in [-0.4, -0.2) is 80.1 Å². The summed E-state index contributed by atoms with van der Waals surface area (Å²) in [6.45, 7) is 5.77. The average molecular weight is 466 g/mol. The van der Waals surface area contributed by atoms with Gasteiger partial charge in [-0.05, 0) is 38.0 Å². The Hall–Kier alpha value is -3.64. The van der Waals surface area contributed by atoms with Gasteiger partial charge in [0.25, 0.3) is 0 Å². The fraction of sp³-hybridized carbons (Fsp3) is 0.455. The van der Waals surface area contributed by atoms with Crippen LogP contribution in [0.25, 0.3) is 10.9 Å². The predicted molar refractivity (Wildman–Crippen MR) is 126 cm³/mol. The zero-order valence-electron chi connectivity index (χ0n) is 18.8. The van der Waals surface area contributed by atoms with E-state index in [4.69, 9.17) is 0 Å². The quantitative estimate of drug-likeness (QED) is 0.412. The lowest BCUT2D eigenvalue weighted by atomic mass is 10.1. The van der Waals surface area contributed by atoms with E-state index < -0.39 is 18.1 Å². The molecule has 2 fully saturated rings. The SMILES string of the molecule is C[C@@H](O)c1cc2cnc(Nc3ccc(N4CCNCC4)nn3)nc2c(N2CCCC2C(=O)O)n1. The number of nitrogens with zero attached hydrogens (tertiary/aromatic N) is 7. The molecule has 0 saturated carbocycles. The molecule has 3 aromatic heterocycles. The van der Waals surface area contributed by atoms with Gasteiger partial charge < -0.3 is 30.6 Å². The van der Waals surface area contributed by atoms with E-state index in [9.17, 15) is 15.0 Å². The van der Waals surface area contributed by atoms with Gasteiger partial charge in [-0.15, -0.1) is 10.2 Å². The van der Waals surface area contributed by atoms with Crippen LogP contribution in [0.1, 0.15) is 31.6 Å². The topological polar surface area (TPSA) is 153 Å². The Morgan fingerprint density at radius 1 is 1.21 bits per heavy atom. The number of carbonyl (C=O) groups is 1. The van der Waals surface area contributed by atoms with Gasteiger partial charge in [0.2, 0.25) is 5.95 Å². The summed E-state index contributed by atoms with van der Waals surface area (Å²) in [5, 5.41) is 35.4. The maximum atomic E-state index is 11.8. The highest BCUT2D eigenvalue weighted by Crippen LogP contribution is 2.32. The molecular weight excluding hydrogens is 438 g/mol. The number of aliphatic carboxylic acids is 1. The number of hydrogen-bond donors (Lipinski definition) is 4. The molecule has 12 heteroatoms. The number of aromatic nitrogens is 5. The van der Waals surface area contributed by atoms with Crippen LogP contribution in [0.4, 0.5) is 23.4 Å². The highest BCUT2D eigenvalue weighted by atomic mass is 16.4. The standard InChI is InChI=1S/C22H27N9O3/c1-13(32)15-11-14-12-24-22(26-17-4-5-18(29-28-17)30-9-6-23-7-10-30)27-19(14)20(25-15)31-8-2-3-16(31)21(33)34/h4-5,11-13,16,23,32H,2-3,6-10H2,1H3,(H,33,34)(H,24,26,27,28)/t13-,16?/m1/s1. The Kier molecular flexibility index (Phi) is 6.07. The highest BCUT2D eigenvalue weighted by Gasteiger charge is 2.33. The second kappa shape index (κ2) is 9.31. The molecule has 2 aliphatic rings. The van der Waals surface area contributed by atoms with E-state index in [1.165, 1.54) is 0 Å². The third kappa shape index (κ3) is 4.41. The van der Waals surface area contributed by atoms with Crippen molar-refractivity contribution in [1.29, 1.82) is 0 Å². The van der Waals surface area contributed by atoms with Gasteiger partial charge in [0.05, 0.1) is 11.8 Å². The van der Waals surface area contributed by atoms with Crippen LogP contribution < -0.4 is 20.4 Å². The monoisotopic (exact) mass is 465 g/mol. The van der Waals surface area contributed by atoms with Crippen LogP contribution in [0.15, 0.2) is 24.4 Å². The van der Waals surface area contributed by atoms with Crippen LogP contribution in [0.3, 0.4) is 0 Å². The summed E-state index contributed by atoms with van der Waals surface area (Å²) in [5.41, 5.74) is 0.956. The fourth-order valence-electron chi connectivity index (χ4n) is 4.36. The van der Waals surface area contributed by atoms with Gasteiger partial charge >= 0.3 is 5.97 Å². The van der Waals surface area contributed by atoms with E-state index in [-0.39, 0.29) is 0 Å². The number of pyridine rings is 1. The van der Waals surface area contributed by atoms with E-state index in [1.54, 1.807) is 24.1 Å². The Bertz CT molecular complexity index is 1180. The van der Waals surface area contributed by atoms with Crippen LogP contribution in [0, 0.1) is 0 Å². The first-order valence-corrected chi connectivity index (χ1v) is 11.4. The zero-order valence-corrected chi connectivity index (χ0v) is 18.8. The Balaban J connectivity index is 1.46. The third-order valence-corrected chi connectivity index (χ3v) is 6.14. The van der Waals surface area contributed by atoms with Gasteiger partial charge in [-0.2, -0.15) is 0 Å². The van der Waals surface area contributed by atoms with Crippen molar-refractivity contribution in [2.75, 3.05) is 47.8 Å². The summed E-state index contributed by atoms with van der Waals surface area (Å²) in [7, 11) is 0. The van der Waals surface area contributed by atoms with Crippen molar-refractivity contribution in [2.45, 2.75) is 31.9 Å². The molecule has 2 aliphatic heterocycles. The second-order valence-corrected chi connectivity index (χ2v) is 8.51. The number of fused-ring (bicyclic) bond motifs is 1. The molecule has 4 N–H and O–H groups in total. The van der Waals surface area contributed by atoms with E-state index in [2.05, 4.69) is 40.7 Å². The van der Waals surface area contributed by atoms with Crippen LogP contribution in [-0.2, 0) is 4.79 Å². The Labute approximate surface area is 196 Å². The Morgan fingerprint density at radius 3 is 2.74 bits per heavy atom. The second-order valence-electron chi connectivity index (χ2n) is 8.51. The van der Waals surface area contributed by atoms with Crippen LogP contribution in [0.2, 0.25) is 0 Å². The lowest BCUT2D eigenvalue weighted by molar-refractivity contribution is -0.138. The summed E-state index contributed by atoms with van der Waals surface area (Å²) in [6.07, 6.45) is 2.10. The number of aliphatic hydroxyl groups excluding tert-OH is 1. The first kappa shape index (κ1) is 22.2. The molecule has 1 unspecified atom stereocenters. The largest absolute Gasteiger partial charge is 0.480 e. The van der Waals surface area contributed by atoms with Crippen molar-refractivity contribution in [2.24, 2.45) is 0 Å². The van der Waals surface area contributed by atoms with Gasteiger partial charge in [-0.3, -0.25) is 0 Å². The number of anilines is 4. The normalized spacial score (nSPS) is 19.4. The molecule has 5 heterocycles. The molecule has 34 heavy (non-hydrogen) atoms. The van der Waals surface area contributed by atoms with E-state index in [0.717, 1.165) is 38.4 Å². The molecule has 0 bridgehead atoms. The summed E-state index contributed by atoms with van der Waals surface area (Å²) < 4.78 is 0. The van der Waals surface area contributed by atoms with Crippen molar-refractivity contribution >= 4 is 40.3 Å². The van der Waals surface area contributed by atoms with Gasteiger partial charge in [-0.1, -0.05) is 0 Å². The maximum absolute atomic E-state index is 11.8. The van der Waals surface area contributed by atoms with Crippen molar-refractivity contribution in [3.8, 4) is 0 Å². The lowest BCUT2D eigenvalue weighted by Crippen LogP contribution is -2.43. The predicted octanol–water partition coefficient (Wildman–Crippen LogP) is 1.07. The van der Waals surface area contributed by atoms with E-state index in [1.807, 2.05) is 12.1 Å². The van der Waals surface area contributed by atoms with Gasteiger partial charge in [0.1, 0.15) is 11.6 Å². The average Bonchev–Trinajstić information content (AvgIpc) is 3.35. The van der Waals surface area contributed by atoms with Crippen molar-refractivity contribution in [1.82, 2.24) is 30.5 Å². The summed E-state index contributed by atoms with van der Waals surface area (Å²) in [4.78, 5) is 29.3. The van der Waals surface area contributed by atoms with Crippen molar-refractivity contribution < 1.29 is 15.0 Å². The molecule has 2 saturated heterocycles. The maximum Gasteiger partial charge on any atom is 0.326 e. The summed E-state index contributed by atoms with van der Waals surface area (Å²) in [6, 6.07) is 4.77. The number of hydrogen-bond acceptors (Lipinski definition) is 11. The molecule has 0 spiro atoms. The number of rotatable bonds is 6. The Morgan fingerprint density at radius 2 is 2.03 bits per heavy atom. The number of carboxylic acid groups (broad SMARTS) is 1. The molecule has 5 rings (SSSR count). The van der Waals surface area contributed by atoms with Gasteiger partial charge in [0, 0.05) is 44.3 Å². The van der Waals surface area contributed by atoms with Crippen LogP contribution in [0.5, 0.6) is 0 Å². The fourth-order valence-corrected chi connectivity index (χ4v) is 4.36. The number of carboxylic acids is 1. The molecular formula is C22H27N9O3. The molecule has 12 nitrogen and oxygen atoms in total. The molecule has 0 aliphatic carbocycles. The first-order chi connectivity index (χ1) is 16.5. The van der Waals surface area contributed by atoms with Crippen molar-refractivity contribution in [3.63, 3.8) is 0 Å². The van der Waals surface area contributed by atoms with Gasteiger partial charge in [0.15, 0.2) is 17.5 Å². The van der Waals surface area contributed by atoms with Crippen LogP contribution >= 0.6 is 0 Å². The first-order valence-electron chi connectivity index (χ1n) is 11.4. The number of piperazine rings is 1. The summed E-state index contributed by atoms with van der Waals surface area (Å²) >= 11 is 0.